The van der Waals surface area contributed by atoms with E-state index in [1.54, 1.807) is 55.5 Å². The van der Waals surface area contributed by atoms with Crippen molar-refractivity contribution in [1.82, 2.24) is 0 Å². The number of hydrogen-bond acceptors (Lipinski definition) is 3. The van der Waals surface area contributed by atoms with Crippen LogP contribution >= 0.6 is 0 Å². The van der Waals surface area contributed by atoms with Gasteiger partial charge in [-0.05, 0) is 42.8 Å². The summed E-state index contributed by atoms with van der Waals surface area (Å²) in [6.45, 7) is 1.76. The molecule has 5 heteroatoms. The molecule has 0 bridgehead atoms. The average Bonchev–Trinajstić information content (AvgIpc) is 2.57. The first-order valence-electron chi connectivity index (χ1n) is 7.47. The standard InChI is InChI=1S/C19H17NO3S/c1-15-9-5-8-14-19(15)24(21,22)20-17-12-6-7-13-18(17)23-16-10-3-2-4-11-16/h2-14,20H,1H3. The summed E-state index contributed by atoms with van der Waals surface area (Å²) in [5, 5.41) is 0. The summed E-state index contributed by atoms with van der Waals surface area (Å²) in [6.07, 6.45) is 0. The summed E-state index contributed by atoms with van der Waals surface area (Å²) in [5.74, 6) is 1.08. The van der Waals surface area contributed by atoms with Crippen LogP contribution in [0.1, 0.15) is 5.56 Å². The predicted molar refractivity (Wildman–Crippen MR) is 94.9 cm³/mol. The first kappa shape index (κ1) is 16.1. The molecule has 0 aliphatic carbocycles. The Balaban J connectivity index is 1.92. The summed E-state index contributed by atoms with van der Waals surface area (Å²) in [7, 11) is -3.69. The van der Waals surface area contributed by atoms with Crippen LogP contribution in [0.4, 0.5) is 5.69 Å². The van der Waals surface area contributed by atoms with E-state index < -0.39 is 10.0 Å². The number of rotatable bonds is 5. The molecule has 0 atom stereocenters. The van der Waals surface area contributed by atoms with Gasteiger partial charge in [0.25, 0.3) is 10.0 Å². The van der Waals surface area contributed by atoms with Crippen molar-refractivity contribution < 1.29 is 13.2 Å². The Morgan fingerprint density at radius 2 is 1.42 bits per heavy atom. The Morgan fingerprint density at radius 1 is 0.792 bits per heavy atom. The van der Waals surface area contributed by atoms with Crippen LogP contribution in [-0.2, 0) is 10.0 Å². The molecule has 3 rings (SSSR count). The molecule has 0 heterocycles. The van der Waals surface area contributed by atoms with E-state index in [9.17, 15) is 8.42 Å². The van der Waals surface area contributed by atoms with Crippen LogP contribution in [0.5, 0.6) is 11.5 Å². The van der Waals surface area contributed by atoms with E-state index in [0.717, 1.165) is 0 Å². The molecule has 122 valence electrons. The molecule has 4 nitrogen and oxygen atoms in total. The quantitative estimate of drug-likeness (QED) is 0.740. The van der Waals surface area contributed by atoms with Crippen LogP contribution in [0.2, 0.25) is 0 Å². The van der Waals surface area contributed by atoms with Crippen LogP contribution in [0.3, 0.4) is 0 Å². The Bertz CT molecular complexity index is 938. The van der Waals surface area contributed by atoms with E-state index in [1.165, 1.54) is 0 Å². The second-order valence-electron chi connectivity index (χ2n) is 5.28. The van der Waals surface area contributed by atoms with Gasteiger partial charge in [-0.2, -0.15) is 0 Å². The zero-order valence-corrected chi connectivity index (χ0v) is 14.0. The van der Waals surface area contributed by atoms with Gasteiger partial charge in [-0.1, -0.05) is 48.5 Å². The van der Waals surface area contributed by atoms with Crippen LogP contribution < -0.4 is 9.46 Å². The molecule has 3 aromatic rings. The van der Waals surface area contributed by atoms with Gasteiger partial charge in [-0.15, -0.1) is 0 Å². The maximum absolute atomic E-state index is 12.7. The van der Waals surface area contributed by atoms with Crippen molar-refractivity contribution in [3.8, 4) is 11.5 Å². The number of para-hydroxylation sites is 3. The van der Waals surface area contributed by atoms with Crippen molar-refractivity contribution in [2.45, 2.75) is 11.8 Å². The summed E-state index contributed by atoms with van der Waals surface area (Å²) in [4.78, 5) is 0.250. The van der Waals surface area contributed by atoms with Crippen LogP contribution in [0.15, 0.2) is 83.8 Å². The third-order valence-electron chi connectivity index (χ3n) is 3.49. The van der Waals surface area contributed by atoms with Crippen molar-refractivity contribution in [2.75, 3.05) is 4.72 Å². The Labute approximate surface area is 141 Å². The molecule has 0 fully saturated rings. The number of ether oxygens (including phenoxy) is 1. The lowest BCUT2D eigenvalue weighted by molar-refractivity contribution is 0.485. The SMILES string of the molecule is Cc1ccccc1S(=O)(=O)Nc1ccccc1Oc1ccccc1. The fourth-order valence-corrected chi connectivity index (χ4v) is 3.63. The fourth-order valence-electron chi connectivity index (χ4n) is 2.31. The third kappa shape index (κ3) is 3.58. The average molecular weight is 339 g/mol. The molecule has 0 aromatic heterocycles. The Kier molecular flexibility index (Phi) is 4.53. The first-order valence-corrected chi connectivity index (χ1v) is 8.95. The monoisotopic (exact) mass is 339 g/mol. The smallest absolute Gasteiger partial charge is 0.262 e. The van der Waals surface area contributed by atoms with Gasteiger partial charge in [0.15, 0.2) is 5.75 Å². The highest BCUT2D eigenvalue weighted by molar-refractivity contribution is 7.92. The minimum atomic E-state index is -3.69. The minimum Gasteiger partial charge on any atom is -0.455 e. The summed E-state index contributed by atoms with van der Waals surface area (Å²) >= 11 is 0. The Morgan fingerprint density at radius 3 is 2.17 bits per heavy atom. The maximum atomic E-state index is 12.7. The van der Waals surface area contributed by atoms with Gasteiger partial charge in [-0.25, -0.2) is 8.42 Å². The van der Waals surface area contributed by atoms with Crippen LogP contribution in [-0.4, -0.2) is 8.42 Å². The number of sulfonamides is 1. The molecule has 0 saturated carbocycles. The van der Waals surface area contributed by atoms with Gasteiger partial charge in [0.1, 0.15) is 5.75 Å². The third-order valence-corrected chi connectivity index (χ3v) is 5.01. The highest BCUT2D eigenvalue weighted by Crippen LogP contribution is 2.31. The molecule has 0 amide bonds. The molecule has 0 radical (unpaired) electrons. The van der Waals surface area contributed by atoms with Gasteiger partial charge in [-0.3, -0.25) is 4.72 Å². The van der Waals surface area contributed by atoms with Gasteiger partial charge in [0, 0.05) is 0 Å². The van der Waals surface area contributed by atoms with E-state index in [2.05, 4.69) is 4.72 Å². The van der Waals surface area contributed by atoms with Crippen LogP contribution in [0.25, 0.3) is 0 Å². The molecule has 0 spiro atoms. The van der Waals surface area contributed by atoms with E-state index in [4.69, 9.17) is 4.74 Å². The lowest BCUT2D eigenvalue weighted by Crippen LogP contribution is -2.14. The molecule has 24 heavy (non-hydrogen) atoms. The zero-order chi connectivity index (χ0) is 17.0. The molecular formula is C19H17NO3S. The fraction of sp³-hybridized carbons (Fsp3) is 0.0526. The minimum absolute atomic E-state index is 0.250. The van der Waals surface area contributed by atoms with Crippen molar-refractivity contribution in [3.05, 3.63) is 84.4 Å². The van der Waals surface area contributed by atoms with Gasteiger partial charge in [0.05, 0.1) is 10.6 Å². The lowest BCUT2D eigenvalue weighted by Gasteiger charge is -2.14. The number of nitrogens with one attached hydrogen (secondary N) is 1. The van der Waals surface area contributed by atoms with E-state index in [1.807, 2.05) is 30.3 Å². The van der Waals surface area contributed by atoms with Crippen LogP contribution in [0, 0.1) is 6.92 Å². The normalized spacial score (nSPS) is 11.0. The number of anilines is 1. The number of hydrogen-bond donors (Lipinski definition) is 1. The van der Waals surface area contributed by atoms with E-state index in [-0.39, 0.29) is 4.90 Å². The lowest BCUT2D eigenvalue weighted by atomic mass is 10.2. The molecule has 0 saturated heterocycles. The maximum Gasteiger partial charge on any atom is 0.262 e. The van der Waals surface area contributed by atoms with Gasteiger partial charge >= 0.3 is 0 Å². The molecule has 0 aliphatic rings. The second-order valence-corrected chi connectivity index (χ2v) is 6.93. The summed E-state index contributed by atoms with van der Waals surface area (Å²) in [5.41, 5.74) is 1.08. The van der Waals surface area contributed by atoms with Crippen molar-refractivity contribution in [2.24, 2.45) is 0 Å². The zero-order valence-electron chi connectivity index (χ0n) is 13.1. The predicted octanol–water partition coefficient (Wildman–Crippen LogP) is 4.59. The largest absolute Gasteiger partial charge is 0.455 e. The number of aryl methyl sites for hydroxylation is 1. The molecular weight excluding hydrogens is 322 g/mol. The summed E-state index contributed by atoms with van der Waals surface area (Å²) in [6, 6.07) is 23.0. The molecule has 0 aliphatic heterocycles. The van der Waals surface area contributed by atoms with Crippen molar-refractivity contribution in [3.63, 3.8) is 0 Å². The van der Waals surface area contributed by atoms with Crippen molar-refractivity contribution in [1.29, 1.82) is 0 Å². The number of benzene rings is 3. The highest BCUT2D eigenvalue weighted by Gasteiger charge is 2.18. The first-order chi connectivity index (χ1) is 11.6. The second kappa shape index (κ2) is 6.76. The van der Waals surface area contributed by atoms with E-state index >= 15 is 0 Å². The molecule has 0 unspecified atom stereocenters. The van der Waals surface area contributed by atoms with Gasteiger partial charge < -0.3 is 4.74 Å². The van der Waals surface area contributed by atoms with Gasteiger partial charge in [0.2, 0.25) is 0 Å². The highest BCUT2D eigenvalue weighted by atomic mass is 32.2. The molecule has 3 aromatic carbocycles. The topological polar surface area (TPSA) is 55.4 Å². The van der Waals surface area contributed by atoms with Crippen molar-refractivity contribution >= 4 is 15.7 Å². The Hall–Kier alpha value is -2.79. The van der Waals surface area contributed by atoms with E-state index in [0.29, 0.717) is 22.7 Å². The molecule has 1 N–H and O–H groups in total. The summed E-state index contributed by atoms with van der Waals surface area (Å²) < 4.78 is 33.7.